The molecule has 0 aromatic heterocycles. The van der Waals surface area contributed by atoms with Crippen LogP contribution >= 0.6 is 0 Å². The number of hydrogen-bond acceptors (Lipinski definition) is 3. The third kappa shape index (κ3) is 5.40. The summed E-state index contributed by atoms with van der Waals surface area (Å²) in [6.07, 6.45) is 0. The Morgan fingerprint density at radius 2 is 1.55 bits per heavy atom. The van der Waals surface area contributed by atoms with Crippen LogP contribution in [0.5, 0.6) is 0 Å². The Kier molecular flexibility index (Phi) is 5.70. The van der Waals surface area contributed by atoms with Crippen molar-refractivity contribution in [2.45, 2.75) is 26.3 Å². The van der Waals surface area contributed by atoms with E-state index in [1.807, 2.05) is 20.8 Å². The molecule has 110 valence electrons. The van der Waals surface area contributed by atoms with E-state index in [0.29, 0.717) is 24.3 Å². The van der Waals surface area contributed by atoms with Crippen molar-refractivity contribution in [3.8, 4) is 0 Å². The first-order valence-corrected chi connectivity index (χ1v) is 6.53. The molecule has 0 radical (unpaired) electrons. The normalized spacial score (nSPS) is 11.0. The van der Waals surface area contributed by atoms with Gasteiger partial charge in [-0.25, -0.2) is 0 Å². The Balaban J connectivity index is 2.64. The van der Waals surface area contributed by atoms with Gasteiger partial charge in [0, 0.05) is 30.3 Å². The van der Waals surface area contributed by atoms with Gasteiger partial charge >= 0.3 is 0 Å². The predicted octanol–water partition coefficient (Wildman–Crippen LogP) is 1.59. The van der Waals surface area contributed by atoms with Gasteiger partial charge in [-0.2, -0.15) is 0 Å². The minimum Gasteiger partial charge on any atom is -0.383 e. The zero-order chi connectivity index (χ0) is 15.2. The summed E-state index contributed by atoms with van der Waals surface area (Å²) in [6.45, 7) is 6.69. The van der Waals surface area contributed by atoms with Crippen molar-refractivity contribution in [1.29, 1.82) is 0 Å². The second-order valence-corrected chi connectivity index (χ2v) is 5.53. The molecule has 20 heavy (non-hydrogen) atoms. The van der Waals surface area contributed by atoms with Gasteiger partial charge in [0.25, 0.3) is 11.8 Å². The van der Waals surface area contributed by atoms with Crippen molar-refractivity contribution in [3.05, 3.63) is 35.4 Å². The molecule has 2 N–H and O–H groups in total. The molecule has 0 saturated heterocycles. The van der Waals surface area contributed by atoms with E-state index in [1.165, 1.54) is 0 Å². The molecule has 1 rings (SSSR count). The molecule has 0 fully saturated rings. The summed E-state index contributed by atoms with van der Waals surface area (Å²) in [6, 6.07) is 6.57. The largest absolute Gasteiger partial charge is 0.383 e. The number of carbonyl (C=O) groups excluding carboxylic acids is 2. The second-order valence-electron chi connectivity index (χ2n) is 5.53. The van der Waals surface area contributed by atoms with Crippen molar-refractivity contribution in [3.63, 3.8) is 0 Å². The van der Waals surface area contributed by atoms with Gasteiger partial charge in [0.05, 0.1) is 6.61 Å². The quantitative estimate of drug-likeness (QED) is 0.804. The van der Waals surface area contributed by atoms with Crippen molar-refractivity contribution < 1.29 is 14.3 Å². The van der Waals surface area contributed by atoms with E-state index >= 15 is 0 Å². The molecule has 0 saturated carbocycles. The number of benzene rings is 1. The first kappa shape index (κ1) is 16.2. The van der Waals surface area contributed by atoms with Crippen LogP contribution in [0.4, 0.5) is 0 Å². The summed E-state index contributed by atoms with van der Waals surface area (Å²) in [7, 11) is 1.58. The lowest BCUT2D eigenvalue weighted by Crippen LogP contribution is -2.40. The van der Waals surface area contributed by atoms with Crippen LogP contribution in [-0.4, -0.2) is 37.6 Å². The maximum atomic E-state index is 11.9. The number of rotatable bonds is 5. The maximum Gasteiger partial charge on any atom is 0.251 e. The molecule has 2 amide bonds. The van der Waals surface area contributed by atoms with E-state index in [4.69, 9.17) is 4.74 Å². The van der Waals surface area contributed by atoms with E-state index in [9.17, 15) is 9.59 Å². The van der Waals surface area contributed by atoms with Crippen molar-refractivity contribution in [2.75, 3.05) is 20.3 Å². The fourth-order valence-electron chi connectivity index (χ4n) is 1.55. The molecule has 0 aliphatic heterocycles. The zero-order valence-corrected chi connectivity index (χ0v) is 12.4. The minimum absolute atomic E-state index is 0.149. The molecule has 1 aromatic rings. The lowest BCUT2D eigenvalue weighted by atomic mass is 10.1. The summed E-state index contributed by atoms with van der Waals surface area (Å²) >= 11 is 0. The zero-order valence-electron chi connectivity index (χ0n) is 12.4. The first-order chi connectivity index (χ1) is 9.33. The number of nitrogens with one attached hydrogen (secondary N) is 2. The summed E-state index contributed by atoms with van der Waals surface area (Å²) in [5, 5.41) is 5.59. The van der Waals surface area contributed by atoms with Crippen molar-refractivity contribution in [1.82, 2.24) is 10.6 Å². The van der Waals surface area contributed by atoms with E-state index in [2.05, 4.69) is 10.6 Å². The highest BCUT2D eigenvalue weighted by atomic mass is 16.5. The molecule has 1 aromatic carbocycles. The van der Waals surface area contributed by atoms with Gasteiger partial charge in [-0.1, -0.05) is 0 Å². The highest BCUT2D eigenvalue weighted by molar-refractivity contribution is 5.98. The predicted molar refractivity (Wildman–Crippen MR) is 77.9 cm³/mol. The third-order valence-corrected chi connectivity index (χ3v) is 2.49. The third-order valence-electron chi connectivity index (χ3n) is 2.49. The van der Waals surface area contributed by atoms with Gasteiger partial charge in [-0.05, 0) is 45.0 Å². The standard InChI is InChI=1S/C15H22N2O3/c1-15(2,3)17-14(19)12-7-5-11(6-8-12)13(18)16-9-10-20-4/h5-8H,9-10H2,1-4H3,(H,16,18)(H,17,19). The highest BCUT2D eigenvalue weighted by Gasteiger charge is 2.15. The van der Waals surface area contributed by atoms with Gasteiger partial charge in [-0.3, -0.25) is 9.59 Å². The minimum atomic E-state index is -0.284. The van der Waals surface area contributed by atoms with E-state index in [-0.39, 0.29) is 17.4 Å². The second kappa shape index (κ2) is 7.05. The Hall–Kier alpha value is -1.88. The molecular formula is C15H22N2O3. The SMILES string of the molecule is COCCNC(=O)c1ccc(C(=O)NC(C)(C)C)cc1. The molecule has 0 aliphatic rings. The van der Waals surface area contributed by atoms with Gasteiger partial charge in [0.2, 0.25) is 0 Å². The average molecular weight is 278 g/mol. The van der Waals surface area contributed by atoms with E-state index in [0.717, 1.165) is 0 Å². The molecule has 0 spiro atoms. The molecule has 5 nitrogen and oxygen atoms in total. The Morgan fingerprint density at radius 3 is 2.00 bits per heavy atom. The molecule has 0 atom stereocenters. The number of hydrogen-bond donors (Lipinski definition) is 2. The maximum absolute atomic E-state index is 11.9. The smallest absolute Gasteiger partial charge is 0.251 e. The fourth-order valence-corrected chi connectivity index (χ4v) is 1.55. The summed E-state index contributed by atoms with van der Waals surface area (Å²) < 4.78 is 4.86. The Bertz CT molecular complexity index is 461. The molecule has 0 heterocycles. The lowest BCUT2D eigenvalue weighted by molar-refractivity contribution is 0.0913. The van der Waals surface area contributed by atoms with Gasteiger partial charge in [-0.15, -0.1) is 0 Å². The van der Waals surface area contributed by atoms with Gasteiger partial charge < -0.3 is 15.4 Å². The van der Waals surface area contributed by atoms with Crippen LogP contribution in [0.3, 0.4) is 0 Å². The van der Waals surface area contributed by atoms with Crippen LogP contribution in [0.1, 0.15) is 41.5 Å². The molecule has 0 aliphatic carbocycles. The number of carbonyl (C=O) groups is 2. The Labute approximate surface area is 119 Å². The van der Waals surface area contributed by atoms with Crippen LogP contribution in [-0.2, 0) is 4.74 Å². The van der Waals surface area contributed by atoms with Crippen LogP contribution in [0.15, 0.2) is 24.3 Å². The highest BCUT2D eigenvalue weighted by Crippen LogP contribution is 2.07. The molecule has 5 heteroatoms. The van der Waals surface area contributed by atoms with Gasteiger partial charge in [0.1, 0.15) is 0 Å². The van der Waals surface area contributed by atoms with Crippen LogP contribution in [0.25, 0.3) is 0 Å². The monoisotopic (exact) mass is 278 g/mol. The summed E-state index contributed by atoms with van der Waals surface area (Å²) in [5.74, 6) is -0.325. The van der Waals surface area contributed by atoms with Crippen LogP contribution < -0.4 is 10.6 Å². The topological polar surface area (TPSA) is 67.4 Å². The molecule has 0 bridgehead atoms. The number of ether oxygens (including phenoxy) is 1. The first-order valence-electron chi connectivity index (χ1n) is 6.53. The average Bonchev–Trinajstić information content (AvgIpc) is 2.37. The summed E-state index contributed by atoms with van der Waals surface area (Å²) in [5.41, 5.74) is 0.773. The van der Waals surface area contributed by atoms with Crippen molar-refractivity contribution >= 4 is 11.8 Å². The van der Waals surface area contributed by atoms with Gasteiger partial charge in [0.15, 0.2) is 0 Å². The lowest BCUT2D eigenvalue weighted by Gasteiger charge is -2.20. The fraction of sp³-hybridized carbons (Fsp3) is 0.467. The Morgan fingerprint density at radius 1 is 1.05 bits per heavy atom. The van der Waals surface area contributed by atoms with Crippen LogP contribution in [0.2, 0.25) is 0 Å². The number of methoxy groups -OCH3 is 1. The number of amides is 2. The van der Waals surface area contributed by atoms with E-state index in [1.54, 1.807) is 31.4 Å². The van der Waals surface area contributed by atoms with Crippen LogP contribution in [0, 0.1) is 0 Å². The molecular weight excluding hydrogens is 256 g/mol. The van der Waals surface area contributed by atoms with E-state index < -0.39 is 0 Å². The molecule has 0 unspecified atom stereocenters. The summed E-state index contributed by atoms with van der Waals surface area (Å²) in [4.78, 5) is 23.7. The van der Waals surface area contributed by atoms with Crippen molar-refractivity contribution in [2.24, 2.45) is 0 Å².